The van der Waals surface area contributed by atoms with Gasteiger partial charge in [-0.3, -0.25) is 9.88 Å². The van der Waals surface area contributed by atoms with Crippen LogP contribution in [0, 0.1) is 0 Å². The first-order valence-corrected chi connectivity index (χ1v) is 11.8. The van der Waals surface area contributed by atoms with Gasteiger partial charge in [0.1, 0.15) is 11.0 Å². The SMILES string of the molecule is O=S1(=O)c2cccnc2O[C@@H]2CN(Cc3ccsc3)C[C@H]2N1Cc1ccccn1. The molecule has 3 aromatic heterocycles. The zero-order chi connectivity index (χ0) is 19.8. The average molecular weight is 429 g/mol. The van der Waals surface area contributed by atoms with Gasteiger partial charge in [0.25, 0.3) is 0 Å². The number of hydrogen-bond acceptors (Lipinski definition) is 7. The van der Waals surface area contributed by atoms with Gasteiger partial charge in [-0.15, -0.1) is 0 Å². The van der Waals surface area contributed by atoms with Crippen molar-refractivity contribution in [3.8, 4) is 5.88 Å². The first kappa shape index (κ1) is 18.7. The highest BCUT2D eigenvalue weighted by Crippen LogP contribution is 2.36. The Morgan fingerprint density at radius 2 is 1.97 bits per heavy atom. The topological polar surface area (TPSA) is 75.6 Å². The average Bonchev–Trinajstić information content (AvgIpc) is 3.36. The molecule has 0 bridgehead atoms. The zero-order valence-electron chi connectivity index (χ0n) is 15.6. The van der Waals surface area contributed by atoms with Crippen LogP contribution in [-0.2, 0) is 23.1 Å². The van der Waals surface area contributed by atoms with E-state index in [1.807, 2.05) is 18.2 Å². The highest BCUT2D eigenvalue weighted by molar-refractivity contribution is 7.89. The molecule has 2 aliphatic heterocycles. The first-order valence-electron chi connectivity index (χ1n) is 9.38. The van der Waals surface area contributed by atoms with E-state index in [0.717, 1.165) is 6.54 Å². The van der Waals surface area contributed by atoms with Gasteiger partial charge in [-0.1, -0.05) is 6.07 Å². The second-order valence-electron chi connectivity index (χ2n) is 7.23. The van der Waals surface area contributed by atoms with Crippen molar-refractivity contribution in [2.75, 3.05) is 13.1 Å². The zero-order valence-corrected chi connectivity index (χ0v) is 17.2. The fourth-order valence-electron chi connectivity index (χ4n) is 3.96. The van der Waals surface area contributed by atoms with Crippen LogP contribution in [0.25, 0.3) is 0 Å². The van der Waals surface area contributed by atoms with Crippen LogP contribution < -0.4 is 4.74 Å². The van der Waals surface area contributed by atoms with E-state index < -0.39 is 10.0 Å². The van der Waals surface area contributed by atoms with Crippen LogP contribution in [0.1, 0.15) is 11.3 Å². The minimum Gasteiger partial charge on any atom is -0.470 e. The predicted octanol–water partition coefficient (Wildman–Crippen LogP) is 2.37. The molecule has 0 N–H and O–H groups in total. The third kappa shape index (κ3) is 3.55. The van der Waals surface area contributed by atoms with Crippen LogP contribution in [0.4, 0.5) is 0 Å². The number of hydrogen-bond donors (Lipinski definition) is 0. The molecule has 9 heteroatoms. The van der Waals surface area contributed by atoms with E-state index in [1.165, 1.54) is 5.56 Å². The van der Waals surface area contributed by atoms with Crippen molar-refractivity contribution in [3.63, 3.8) is 0 Å². The Morgan fingerprint density at radius 3 is 2.76 bits per heavy atom. The van der Waals surface area contributed by atoms with Crippen LogP contribution in [0.5, 0.6) is 5.88 Å². The molecule has 1 saturated heterocycles. The molecule has 0 unspecified atom stereocenters. The van der Waals surface area contributed by atoms with Gasteiger partial charge >= 0.3 is 0 Å². The highest BCUT2D eigenvalue weighted by atomic mass is 32.2. The van der Waals surface area contributed by atoms with Crippen LogP contribution in [0.2, 0.25) is 0 Å². The highest BCUT2D eigenvalue weighted by Gasteiger charge is 2.47. The number of rotatable bonds is 4. The monoisotopic (exact) mass is 428 g/mol. The Hall–Kier alpha value is -2.33. The maximum absolute atomic E-state index is 13.6. The molecule has 0 saturated carbocycles. The van der Waals surface area contributed by atoms with Crippen LogP contribution in [0.3, 0.4) is 0 Å². The number of likely N-dealkylation sites (tertiary alicyclic amines) is 1. The van der Waals surface area contributed by atoms with Crippen molar-refractivity contribution in [1.82, 2.24) is 19.2 Å². The minimum atomic E-state index is -3.78. The third-order valence-electron chi connectivity index (χ3n) is 5.30. The molecule has 29 heavy (non-hydrogen) atoms. The molecule has 3 aromatic rings. The van der Waals surface area contributed by atoms with E-state index in [-0.39, 0.29) is 29.5 Å². The van der Waals surface area contributed by atoms with E-state index in [2.05, 4.69) is 31.7 Å². The summed E-state index contributed by atoms with van der Waals surface area (Å²) in [4.78, 5) is 10.9. The van der Waals surface area contributed by atoms with Crippen molar-refractivity contribution in [2.24, 2.45) is 0 Å². The van der Waals surface area contributed by atoms with Gasteiger partial charge in [-0.05, 0) is 46.7 Å². The number of sulfonamides is 1. The van der Waals surface area contributed by atoms with E-state index >= 15 is 0 Å². The molecule has 0 aliphatic carbocycles. The molecule has 1 fully saturated rings. The van der Waals surface area contributed by atoms with Crippen molar-refractivity contribution in [1.29, 1.82) is 0 Å². The molecular weight excluding hydrogens is 408 g/mol. The second kappa shape index (κ2) is 7.49. The lowest BCUT2D eigenvalue weighted by molar-refractivity contribution is 0.143. The lowest BCUT2D eigenvalue weighted by Gasteiger charge is -2.27. The van der Waals surface area contributed by atoms with Gasteiger partial charge < -0.3 is 4.74 Å². The number of pyridine rings is 2. The van der Waals surface area contributed by atoms with E-state index in [9.17, 15) is 8.42 Å². The Kier molecular flexibility index (Phi) is 4.83. The number of thiophene rings is 1. The summed E-state index contributed by atoms with van der Waals surface area (Å²) >= 11 is 1.66. The fourth-order valence-corrected chi connectivity index (χ4v) is 6.30. The summed E-state index contributed by atoms with van der Waals surface area (Å²) in [6.07, 6.45) is 2.96. The largest absolute Gasteiger partial charge is 0.470 e. The van der Waals surface area contributed by atoms with Crippen molar-refractivity contribution < 1.29 is 13.2 Å². The summed E-state index contributed by atoms with van der Waals surface area (Å²) < 4.78 is 34.8. The molecule has 5 rings (SSSR count). The smallest absolute Gasteiger partial charge is 0.249 e. The lowest BCUT2D eigenvalue weighted by Crippen LogP contribution is -2.46. The maximum Gasteiger partial charge on any atom is 0.249 e. The third-order valence-corrected chi connectivity index (χ3v) is 7.91. The summed E-state index contributed by atoms with van der Waals surface area (Å²) in [6, 6.07) is 10.5. The predicted molar refractivity (Wildman–Crippen MR) is 109 cm³/mol. The molecule has 0 radical (unpaired) electrons. The van der Waals surface area contributed by atoms with Gasteiger partial charge in [0.15, 0.2) is 0 Å². The summed E-state index contributed by atoms with van der Waals surface area (Å²) in [6.45, 7) is 2.21. The molecule has 7 nitrogen and oxygen atoms in total. The van der Waals surface area contributed by atoms with Crippen molar-refractivity contribution in [3.05, 3.63) is 70.8 Å². The molecule has 150 valence electrons. The number of nitrogens with zero attached hydrogens (tertiary/aromatic N) is 4. The maximum atomic E-state index is 13.6. The quantitative estimate of drug-likeness (QED) is 0.635. The van der Waals surface area contributed by atoms with Crippen LogP contribution in [-0.4, -0.2) is 52.8 Å². The fraction of sp³-hybridized carbons (Fsp3) is 0.300. The summed E-state index contributed by atoms with van der Waals surface area (Å²) in [7, 11) is -3.78. The number of fused-ring (bicyclic) bond motifs is 2. The Bertz CT molecular complexity index is 1090. The number of ether oxygens (including phenoxy) is 1. The minimum absolute atomic E-state index is 0.120. The van der Waals surface area contributed by atoms with Crippen molar-refractivity contribution in [2.45, 2.75) is 30.1 Å². The number of aromatic nitrogens is 2. The summed E-state index contributed by atoms with van der Waals surface area (Å²) in [5.74, 6) is 0.184. The van der Waals surface area contributed by atoms with Crippen molar-refractivity contribution >= 4 is 21.4 Å². The van der Waals surface area contributed by atoms with E-state index in [0.29, 0.717) is 18.8 Å². The Balaban J connectivity index is 1.52. The first-order chi connectivity index (χ1) is 14.1. The van der Waals surface area contributed by atoms with Gasteiger partial charge in [0.05, 0.1) is 18.3 Å². The van der Waals surface area contributed by atoms with Crippen LogP contribution in [0.15, 0.2) is 64.4 Å². The molecule has 0 aromatic carbocycles. The van der Waals surface area contributed by atoms with Gasteiger partial charge in [0, 0.05) is 32.0 Å². The molecule has 0 spiro atoms. The standard InChI is InChI=1S/C20H20N4O3S2/c25-29(26)19-5-3-8-22-20(19)27-18-13-23(10-15-6-9-28-14-15)12-17(18)24(29)11-16-4-1-2-7-21-16/h1-9,14,17-18H,10-13H2/t17-,18-/m1/s1. The molecule has 0 amide bonds. The lowest BCUT2D eigenvalue weighted by atomic mass is 10.2. The Morgan fingerprint density at radius 1 is 1.07 bits per heavy atom. The van der Waals surface area contributed by atoms with Crippen LogP contribution >= 0.6 is 11.3 Å². The van der Waals surface area contributed by atoms with Gasteiger partial charge in [-0.25, -0.2) is 13.4 Å². The Labute approximate surface area is 173 Å². The summed E-state index contributed by atoms with van der Waals surface area (Å²) in [5, 5.41) is 4.17. The van der Waals surface area contributed by atoms with E-state index in [1.54, 1.807) is 40.2 Å². The summed E-state index contributed by atoms with van der Waals surface area (Å²) in [5.41, 5.74) is 1.93. The molecular formula is C20H20N4O3S2. The van der Waals surface area contributed by atoms with Gasteiger partial charge in [0.2, 0.25) is 15.9 Å². The molecule has 2 aliphatic rings. The molecule has 2 atom stereocenters. The van der Waals surface area contributed by atoms with Gasteiger partial charge in [-0.2, -0.15) is 15.6 Å². The van der Waals surface area contributed by atoms with E-state index in [4.69, 9.17) is 4.74 Å². The normalized spacial score (nSPS) is 23.7. The molecule has 5 heterocycles. The second-order valence-corrected chi connectivity index (χ2v) is 9.87.